The van der Waals surface area contributed by atoms with Crippen molar-refractivity contribution in [3.8, 4) is 0 Å². The summed E-state index contributed by atoms with van der Waals surface area (Å²) >= 11 is 0. The zero-order valence-corrected chi connectivity index (χ0v) is 12.0. The van der Waals surface area contributed by atoms with E-state index in [4.69, 9.17) is 5.11 Å². The molecule has 0 aromatic carbocycles. The van der Waals surface area contributed by atoms with Crippen LogP contribution in [0.2, 0.25) is 0 Å². The van der Waals surface area contributed by atoms with Gasteiger partial charge in [0, 0.05) is 26.2 Å². The van der Waals surface area contributed by atoms with Gasteiger partial charge in [-0.05, 0) is 20.3 Å². The van der Waals surface area contributed by atoms with E-state index in [-0.39, 0.29) is 6.61 Å². The van der Waals surface area contributed by atoms with E-state index >= 15 is 0 Å². The van der Waals surface area contributed by atoms with Crippen molar-refractivity contribution in [2.75, 3.05) is 48.3 Å². The summed E-state index contributed by atoms with van der Waals surface area (Å²) in [7, 11) is 0. The van der Waals surface area contributed by atoms with Gasteiger partial charge in [-0.15, -0.1) is 0 Å². The third-order valence-corrected chi connectivity index (χ3v) is 2.60. The van der Waals surface area contributed by atoms with Crippen LogP contribution in [0, 0.1) is 0 Å². The van der Waals surface area contributed by atoms with E-state index in [0.717, 1.165) is 26.1 Å². The first-order valence-electron chi connectivity index (χ1n) is 6.84. The van der Waals surface area contributed by atoms with Crippen molar-refractivity contribution in [2.45, 2.75) is 27.2 Å². The van der Waals surface area contributed by atoms with Gasteiger partial charge in [0.2, 0.25) is 17.8 Å². The number of hydrogen-bond donors (Lipinski definition) is 3. The number of hydrogen-bond acceptors (Lipinski definition) is 7. The van der Waals surface area contributed by atoms with Crippen molar-refractivity contribution >= 4 is 17.8 Å². The van der Waals surface area contributed by atoms with Crippen molar-refractivity contribution in [3.63, 3.8) is 0 Å². The van der Waals surface area contributed by atoms with Gasteiger partial charge < -0.3 is 20.6 Å². The highest BCUT2D eigenvalue weighted by molar-refractivity contribution is 5.43. The molecule has 108 valence electrons. The molecule has 0 aliphatic carbocycles. The molecule has 1 heterocycles. The van der Waals surface area contributed by atoms with Gasteiger partial charge in [-0.1, -0.05) is 6.92 Å². The molecule has 0 radical (unpaired) electrons. The zero-order valence-electron chi connectivity index (χ0n) is 12.0. The molecular weight excluding hydrogens is 244 g/mol. The lowest BCUT2D eigenvalue weighted by molar-refractivity contribution is 0.311. The molecule has 0 amide bonds. The number of aromatic nitrogens is 3. The first kappa shape index (κ1) is 15.4. The highest BCUT2D eigenvalue weighted by Crippen LogP contribution is 2.13. The van der Waals surface area contributed by atoms with Gasteiger partial charge in [0.15, 0.2) is 0 Å². The smallest absolute Gasteiger partial charge is 0.231 e. The molecule has 19 heavy (non-hydrogen) atoms. The van der Waals surface area contributed by atoms with Crippen molar-refractivity contribution in [3.05, 3.63) is 0 Å². The Hall–Kier alpha value is -1.63. The Morgan fingerprint density at radius 3 is 2.00 bits per heavy atom. The Morgan fingerprint density at radius 2 is 1.53 bits per heavy atom. The lowest BCUT2D eigenvalue weighted by Gasteiger charge is -2.19. The maximum Gasteiger partial charge on any atom is 0.231 e. The molecule has 0 spiro atoms. The molecule has 3 N–H and O–H groups in total. The topological polar surface area (TPSA) is 86.2 Å². The molecule has 7 heteroatoms. The molecule has 0 saturated carbocycles. The third-order valence-electron chi connectivity index (χ3n) is 2.60. The van der Waals surface area contributed by atoms with Crippen LogP contribution in [0.3, 0.4) is 0 Å². The fraction of sp³-hybridized carbons (Fsp3) is 0.750. The highest BCUT2D eigenvalue weighted by atomic mass is 16.3. The molecule has 0 atom stereocenters. The lowest BCUT2D eigenvalue weighted by Crippen LogP contribution is -2.25. The van der Waals surface area contributed by atoms with Crippen LogP contribution in [0.15, 0.2) is 0 Å². The number of aliphatic hydroxyl groups is 1. The minimum absolute atomic E-state index is 0.0456. The van der Waals surface area contributed by atoms with E-state index in [2.05, 4.69) is 51.3 Å². The van der Waals surface area contributed by atoms with E-state index in [0.29, 0.717) is 24.4 Å². The van der Waals surface area contributed by atoms with E-state index < -0.39 is 0 Å². The largest absolute Gasteiger partial charge is 0.395 e. The summed E-state index contributed by atoms with van der Waals surface area (Å²) < 4.78 is 0. The Balaban J connectivity index is 2.93. The van der Waals surface area contributed by atoms with Gasteiger partial charge in [-0.2, -0.15) is 15.0 Å². The zero-order chi connectivity index (χ0) is 14.1. The SMILES string of the molecule is CCCNc1nc(NCCO)nc(N(CC)CC)n1. The minimum atomic E-state index is 0.0456. The van der Waals surface area contributed by atoms with E-state index in [1.807, 2.05) is 0 Å². The fourth-order valence-electron chi connectivity index (χ4n) is 1.58. The molecule has 0 aliphatic rings. The summed E-state index contributed by atoms with van der Waals surface area (Å²) in [6, 6.07) is 0. The second-order valence-corrected chi connectivity index (χ2v) is 4.03. The van der Waals surface area contributed by atoms with Crippen LogP contribution in [-0.2, 0) is 0 Å². The molecule has 0 unspecified atom stereocenters. The molecule has 1 aromatic heterocycles. The van der Waals surface area contributed by atoms with Gasteiger partial charge in [-0.3, -0.25) is 0 Å². The molecule has 0 bridgehead atoms. The Labute approximate surface area is 114 Å². The summed E-state index contributed by atoms with van der Waals surface area (Å²) in [4.78, 5) is 15.1. The Bertz CT molecular complexity index is 343. The summed E-state index contributed by atoms with van der Waals surface area (Å²) in [6.45, 7) is 9.19. The lowest BCUT2D eigenvalue weighted by atomic mass is 10.5. The van der Waals surface area contributed by atoms with Crippen molar-refractivity contribution in [2.24, 2.45) is 0 Å². The Kier molecular flexibility index (Phi) is 6.88. The molecule has 0 saturated heterocycles. The number of rotatable bonds is 9. The average molecular weight is 268 g/mol. The molecule has 1 rings (SSSR count). The van der Waals surface area contributed by atoms with Gasteiger partial charge in [0.05, 0.1) is 6.61 Å². The molecule has 0 fully saturated rings. The van der Waals surface area contributed by atoms with Gasteiger partial charge in [0.25, 0.3) is 0 Å². The predicted molar refractivity (Wildman–Crippen MR) is 77.7 cm³/mol. The minimum Gasteiger partial charge on any atom is -0.395 e. The first-order valence-corrected chi connectivity index (χ1v) is 6.84. The normalized spacial score (nSPS) is 10.3. The van der Waals surface area contributed by atoms with Crippen LogP contribution in [0.4, 0.5) is 17.8 Å². The van der Waals surface area contributed by atoms with E-state index in [9.17, 15) is 0 Å². The van der Waals surface area contributed by atoms with Gasteiger partial charge >= 0.3 is 0 Å². The molecule has 1 aromatic rings. The van der Waals surface area contributed by atoms with Gasteiger partial charge in [-0.25, -0.2) is 0 Å². The summed E-state index contributed by atoms with van der Waals surface area (Å²) in [5, 5.41) is 15.0. The maximum atomic E-state index is 8.85. The highest BCUT2D eigenvalue weighted by Gasteiger charge is 2.10. The summed E-state index contributed by atoms with van der Waals surface area (Å²) in [6.07, 6.45) is 1.01. The second-order valence-electron chi connectivity index (χ2n) is 4.03. The van der Waals surface area contributed by atoms with Crippen LogP contribution in [0.1, 0.15) is 27.2 Å². The monoisotopic (exact) mass is 268 g/mol. The number of anilines is 3. The van der Waals surface area contributed by atoms with Crippen LogP contribution in [0.25, 0.3) is 0 Å². The van der Waals surface area contributed by atoms with Crippen molar-refractivity contribution in [1.82, 2.24) is 15.0 Å². The molecule has 7 nitrogen and oxygen atoms in total. The quantitative estimate of drug-likeness (QED) is 0.614. The number of nitrogens with zero attached hydrogens (tertiary/aromatic N) is 4. The van der Waals surface area contributed by atoms with Gasteiger partial charge in [0.1, 0.15) is 0 Å². The molecule has 0 aliphatic heterocycles. The van der Waals surface area contributed by atoms with Crippen LogP contribution < -0.4 is 15.5 Å². The second kappa shape index (κ2) is 8.47. The summed E-state index contributed by atoms with van der Waals surface area (Å²) in [5.41, 5.74) is 0. The van der Waals surface area contributed by atoms with E-state index in [1.165, 1.54) is 0 Å². The van der Waals surface area contributed by atoms with Crippen LogP contribution >= 0.6 is 0 Å². The van der Waals surface area contributed by atoms with Crippen molar-refractivity contribution < 1.29 is 5.11 Å². The predicted octanol–water partition coefficient (Wildman–Crippen LogP) is 0.944. The average Bonchev–Trinajstić information content (AvgIpc) is 2.44. The molecular formula is C12H24N6O. The number of aliphatic hydroxyl groups excluding tert-OH is 1. The van der Waals surface area contributed by atoms with E-state index in [1.54, 1.807) is 0 Å². The van der Waals surface area contributed by atoms with Crippen LogP contribution in [-0.4, -0.2) is 52.8 Å². The van der Waals surface area contributed by atoms with Crippen molar-refractivity contribution in [1.29, 1.82) is 0 Å². The third kappa shape index (κ3) is 4.86. The summed E-state index contributed by atoms with van der Waals surface area (Å²) in [5.74, 6) is 1.71. The van der Waals surface area contributed by atoms with Crippen LogP contribution in [0.5, 0.6) is 0 Å². The number of nitrogens with one attached hydrogen (secondary N) is 2. The maximum absolute atomic E-state index is 8.85. The Morgan fingerprint density at radius 1 is 0.947 bits per heavy atom. The first-order chi connectivity index (χ1) is 9.24. The standard InChI is InChI=1S/C12H24N6O/c1-4-7-13-10-15-11(14-8-9-19)17-12(16-10)18(5-2)6-3/h19H,4-9H2,1-3H3,(H2,13,14,15,16,17). The fourth-order valence-corrected chi connectivity index (χ4v) is 1.58.